The molecule has 5 heteroatoms. The Hall–Kier alpha value is -0.680. The number of hydrogen-bond donors (Lipinski definition) is 2. The highest BCUT2D eigenvalue weighted by molar-refractivity contribution is 5.85. The molecule has 3 unspecified atom stereocenters. The predicted octanol–water partition coefficient (Wildman–Crippen LogP) is 3.27. The molecular formula is C19H30ClFN2O. The quantitative estimate of drug-likeness (QED) is 0.849. The summed E-state index contributed by atoms with van der Waals surface area (Å²) in [5, 5.41) is 7.34. The van der Waals surface area contributed by atoms with Crippen molar-refractivity contribution in [1.82, 2.24) is 10.6 Å². The molecule has 1 aromatic rings. The third-order valence-corrected chi connectivity index (χ3v) is 5.45. The highest BCUT2D eigenvalue weighted by atomic mass is 35.5. The second-order valence-corrected chi connectivity index (χ2v) is 7.58. The van der Waals surface area contributed by atoms with Crippen LogP contribution in [0.1, 0.15) is 38.7 Å². The van der Waals surface area contributed by atoms with Crippen molar-refractivity contribution in [2.24, 2.45) is 5.92 Å². The van der Waals surface area contributed by atoms with Crippen molar-refractivity contribution >= 4 is 12.4 Å². The highest BCUT2D eigenvalue weighted by Gasteiger charge is 2.35. The highest BCUT2D eigenvalue weighted by Crippen LogP contribution is 2.31. The van der Waals surface area contributed by atoms with Gasteiger partial charge in [-0.25, -0.2) is 4.39 Å². The molecular weight excluding hydrogens is 327 g/mol. The number of halogens is 2. The zero-order chi connectivity index (χ0) is 16.3. The minimum Gasteiger partial charge on any atom is -0.379 e. The minimum atomic E-state index is -0.213. The molecule has 1 aliphatic carbocycles. The summed E-state index contributed by atoms with van der Waals surface area (Å²) >= 11 is 0. The summed E-state index contributed by atoms with van der Waals surface area (Å²) in [7, 11) is 0. The molecule has 1 aliphatic heterocycles. The number of morpholine rings is 1. The second-order valence-electron chi connectivity index (χ2n) is 7.58. The normalized spacial score (nSPS) is 27.7. The standard InChI is InChI=1S/C19H29FN2O.ClH/c1-19(2,15-7-3-4-8-16(15)20)13-22-17-9-5-6-14(17)18-12-23-11-10-21-18;/h3-4,7-8,14,17-18,21-22H,5-6,9-13H2,1-2H3;1H. The molecule has 1 aromatic carbocycles. The van der Waals surface area contributed by atoms with E-state index >= 15 is 0 Å². The van der Waals surface area contributed by atoms with Crippen LogP contribution in [0.25, 0.3) is 0 Å². The van der Waals surface area contributed by atoms with Gasteiger partial charge < -0.3 is 15.4 Å². The van der Waals surface area contributed by atoms with Crippen LogP contribution in [-0.4, -0.2) is 38.4 Å². The van der Waals surface area contributed by atoms with Gasteiger partial charge in [0.1, 0.15) is 5.82 Å². The fourth-order valence-electron chi connectivity index (χ4n) is 4.08. The van der Waals surface area contributed by atoms with Gasteiger partial charge in [-0.3, -0.25) is 0 Å². The molecule has 0 radical (unpaired) electrons. The van der Waals surface area contributed by atoms with Crippen LogP contribution in [-0.2, 0) is 10.2 Å². The Morgan fingerprint density at radius 1 is 1.29 bits per heavy atom. The van der Waals surface area contributed by atoms with Crippen LogP contribution < -0.4 is 10.6 Å². The summed E-state index contributed by atoms with van der Waals surface area (Å²) in [5.74, 6) is 0.510. The van der Waals surface area contributed by atoms with E-state index in [0.717, 1.165) is 31.9 Å². The molecule has 2 fully saturated rings. The van der Waals surface area contributed by atoms with Gasteiger partial charge in [-0.05, 0) is 30.4 Å². The summed E-state index contributed by atoms with van der Waals surface area (Å²) in [5.41, 5.74) is 0.579. The molecule has 1 saturated heterocycles. The Balaban J connectivity index is 0.00000208. The molecule has 3 nitrogen and oxygen atoms in total. The molecule has 136 valence electrons. The third-order valence-electron chi connectivity index (χ3n) is 5.45. The lowest BCUT2D eigenvalue weighted by Crippen LogP contribution is -2.52. The first-order chi connectivity index (χ1) is 11.1. The van der Waals surface area contributed by atoms with E-state index in [2.05, 4.69) is 24.5 Å². The third kappa shape index (κ3) is 4.48. The van der Waals surface area contributed by atoms with E-state index in [1.807, 2.05) is 12.1 Å². The SMILES string of the molecule is CC(C)(CNC1CCCC1C1COCCN1)c1ccccc1F.Cl. The predicted molar refractivity (Wildman–Crippen MR) is 98.4 cm³/mol. The minimum absolute atomic E-state index is 0. The van der Waals surface area contributed by atoms with Gasteiger partial charge in [0.25, 0.3) is 0 Å². The number of nitrogens with one attached hydrogen (secondary N) is 2. The van der Waals surface area contributed by atoms with Gasteiger partial charge in [-0.1, -0.05) is 38.5 Å². The monoisotopic (exact) mass is 356 g/mol. The summed E-state index contributed by atoms with van der Waals surface area (Å²) in [6.45, 7) is 7.62. The van der Waals surface area contributed by atoms with Crippen molar-refractivity contribution < 1.29 is 9.13 Å². The van der Waals surface area contributed by atoms with Gasteiger partial charge in [0.2, 0.25) is 0 Å². The van der Waals surface area contributed by atoms with E-state index < -0.39 is 0 Å². The van der Waals surface area contributed by atoms with Crippen molar-refractivity contribution in [3.05, 3.63) is 35.6 Å². The van der Waals surface area contributed by atoms with Crippen LogP contribution in [0, 0.1) is 11.7 Å². The molecule has 0 amide bonds. The van der Waals surface area contributed by atoms with E-state index in [4.69, 9.17) is 4.74 Å². The van der Waals surface area contributed by atoms with Crippen molar-refractivity contribution in [3.8, 4) is 0 Å². The summed E-state index contributed by atoms with van der Waals surface area (Å²) < 4.78 is 19.7. The first kappa shape index (κ1) is 19.6. The van der Waals surface area contributed by atoms with Gasteiger partial charge >= 0.3 is 0 Å². The van der Waals surface area contributed by atoms with Crippen LogP contribution in [0.2, 0.25) is 0 Å². The first-order valence-electron chi connectivity index (χ1n) is 8.87. The zero-order valence-corrected chi connectivity index (χ0v) is 15.5. The van der Waals surface area contributed by atoms with Crippen molar-refractivity contribution in [1.29, 1.82) is 0 Å². The smallest absolute Gasteiger partial charge is 0.126 e. The van der Waals surface area contributed by atoms with Crippen LogP contribution in [0.5, 0.6) is 0 Å². The molecule has 1 heterocycles. The molecule has 0 spiro atoms. The topological polar surface area (TPSA) is 33.3 Å². The average molecular weight is 357 g/mol. The van der Waals surface area contributed by atoms with E-state index in [-0.39, 0.29) is 23.6 Å². The Morgan fingerprint density at radius 3 is 2.79 bits per heavy atom. The number of benzene rings is 1. The molecule has 2 aliphatic rings. The summed E-state index contributed by atoms with van der Waals surface area (Å²) in [6.07, 6.45) is 3.72. The van der Waals surface area contributed by atoms with Crippen LogP contribution in [0.3, 0.4) is 0 Å². The molecule has 24 heavy (non-hydrogen) atoms. The average Bonchev–Trinajstić information content (AvgIpc) is 3.03. The van der Waals surface area contributed by atoms with Gasteiger partial charge in [0.15, 0.2) is 0 Å². The van der Waals surface area contributed by atoms with Gasteiger partial charge in [-0.2, -0.15) is 0 Å². The Kier molecular flexibility index (Phi) is 7.05. The second kappa shape index (κ2) is 8.61. The van der Waals surface area contributed by atoms with E-state index in [1.54, 1.807) is 12.1 Å². The summed E-state index contributed by atoms with van der Waals surface area (Å²) in [4.78, 5) is 0. The van der Waals surface area contributed by atoms with Crippen LogP contribution in [0.4, 0.5) is 4.39 Å². The lowest BCUT2D eigenvalue weighted by atomic mass is 9.83. The van der Waals surface area contributed by atoms with Gasteiger partial charge in [0, 0.05) is 30.6 Å². The molecule has 3 rings (SSSR count). The molecule has 0 bridgehead atoms. The Bertz CT molecular complexity index is 520. The maximum absolute atomic E-state index is 14.1. The largest absolute Gasteiger partial charge is 0.379 e. The fraction of sp³-hybridized carbons (Fsp3) is 0.684. The number of hydrogen-bond acceptors (Lipinski definition) is 3. The maximum atomic E-state index is 14.1. The van der Waals surface area contributed by atoms with Gasteiger partial charge in [0.05, 0.1) is 13.2 Å². The van der Waals surface area contributed by atoms with Crippen molar-refractivity contribution in [2.45, 2.75) is 50.6 Å². The fourth-order valence-corrected chi connectivity index (χ4v) is 4.08. The molecule has 1 saturated carbocycles. The number of ether oxygens (including phenoxy) is 1. The summed E-state index contributed by atoms with van der Waals surface area (Å²) in [6, 6.07) is 8.09. The van der Waals surface area contributed by atoms with Crippen LogP contribution >= 0.6 is 12.4 Å². The Morgan fingerprint density at radius 2 is 2.08 bits per heavy atom. The lowest BCUT2D eigenvalue weighted by molar-refractivity contribution is 0.0522. The van der Waals surface area contributed by atoms with E-state index in [1.165, 1.54) is 19.3 Å². The van der Waals surface area contributed by atoms with Crippen molar-refractivity contribution in [2.75, 3.05) is 26.3 Å². The maximum Gasteiger partial charge on any atom is 0.126 e. The Labute approximate surface area is 151 Å². The van der Waals surface area contributed by atoms with Crippen molar-refractivity contribution in [3.63, 3.8) is 0 Å². The number of rotatable bonds is 5. The molecule has 3 atom stereocenters. The van der Waals surface area contributed by atoms with E-state index in [9.17, 15) is 4.39 Å². The first-order valence-corrected chi connectivity index (χ1v) is 8.87. The lowest BCUT2D eigenvalue weighted by Gasteiger charge is -2.35. The van der Waals surface area contributed by atoms with Crippen LogP contribution in [0.15, 0.2) is 24.3 Å². The van der Waals surface area contributed by atoms with E-state index in [0.29, 0.717) is 18.0 Å². The molecule has 0 aromatic heterocycles. The molecule has 2 N–H and O–H groups in total. The zero-order valence-electron chi connectivity index (χ0n) is 14.7. The van der Waals surface area contributed by atoms with Gasteiger partial charge in [-0.15, -0.1) is 12.4 Å².